The van der Waals surface area contributed by atoms with Gasteiger partial charge < -0.3 is 4.74 Å². The van der Waals surface area contributed by atoms with E-state index < -0.39 is 12.0 Å². The van der Waals surface area contributed by atoms with Crippen LogP contribution in [0.2, 0.25) is 0 Å². The van der Waals surface area contributed by atoms with E-state index in [1.807, 2.05) is 30.3 Å². The molecular weight excluding hydrogens is 284 g/mol. The van der Waals surface area contributed by atoms with Gasteiger partial charge in [0.25, 0.3) is 5.91 Å². The van der Waals surface area contributed by atoms with Gasteiger partial charge in [-0.3, -0.25) is 9.59 Å². The first-order valence-corrected chi connectivity index (χ1v) is 7.02. The van der Waals surface area contributed by atoms with Crippen LogP contribution in [0.3, 0.4) is 0 Å². The van der Waals surface area contributed by atoms with Crippen LogP contribution in [0.25, 0.3) is 10.4 Å². The zero-order chi connectivity index (χ0) is 15.8. The fourth-order valence-electron chi connectivity index (χ4n) is 2.37. The SMILES string of the molecule is [N-]=[N+]=NCCC[C@@H](Cc1ccccc1)C(=O)C1OC=NC1=O. The van der Waals surface area contributed by atoms with Gasteiger partial charge in [-0.15, -0.1) is 0 Å². The van der Waals surface area contributed by atoms with Crippen molar-refractivity contribution in [3.05, 3.63) is 46.3 Å². The number of carbonyl (C=O) groups is 2. The highest BCUT2D eigenvalue weighted by atomic mass is 16.5. The van der Waals surface area contributed by atoms with Gasteiger partial charge in [0.05, 0.1) is 0 Å². The molecule has 1 aromatic rings. The zero-order valence-corrected chi connectivity index (χ0v) is 12.0. The second-order valence-electron chi connectivity index (χ2n) is 4.97. The number of ether oxygens (including phenoxy) is 1. The second-order valence-corrected chi connectivity index (χ2v) is 4.97. The van der Waals surface area contributed by atoms with Gasteiger partial charge >= 0.3 is 0 Å². The summed E-state index contributed by atoms with van der Waals surface area (Å²) < 4.78 is 5.00. The quantitative estimate of drug-likeness (QED) is 0.242. The van der Waals surface area contributed by atoms with Gasteiger partial charge in [0.15, 0.2) is 12.2 Å². The Morgan fingerprint density at radius 2 is 2.18 bits per heavy atom. The molecule has 1 aliphatic rings. The molecule has 0 fully saturated rings. The van der Waals surface area contributed by atoms with Gasteiger partial charge in [-0.1, -0.05) is 35.4 Å². The van der Waals surface area contributed by atoms with E-state index in [9.17, 15) is 9.59 Å². The van der Waals surface area contributed by atoms with E-state index >= 15 is 0 Å². The number of Topliss-reactive ketones (excluding diaryl/α,β-unsaturated/α-hetero) is 1. The molecule has 2 atom stereocenters. The van der Waals surface area contributed by atoms with Crippen molar-refractivity contribution in [2.45, 2.75) is 25.4 Å². The fraction of sp³-hybridized carbons (Fsp3) is 0.400. The number of benzene rings is 1. The van der Waals surface area contributed by atoms with Crippen molar-refractivity contribution >= 4 is 18.1 Å². The van der Waals surface area contributed by atoms with Crippen molar-refractivity contribution < 1.29 is 14.3 Å². The summed E-state index contributed by atoms with van der Waals surface area (Å²) in [4.78, 5) is 30.2. The van der Waals surface area contributed by atoms with Crippen LogP contribution in [0.15, 0.2) is 40.4 Å². The standard InChI is InChI=1S/C15H16N4O3/c16-19-18-8-4-7-12(9-11-5-2-1-3-6-11)13(20)14-15(21)17-10-22-14/h1-3,5-6,10,12,14H,4,7-9H2/t12-,14?/m0/s1. The maximum Gasteiger partial charge on any atom is 0.297 e. The summed E-state index contributed by atoms with van der Waals surface area (Å²) in [5, 5.41) is 3.47. The normalized spacial score (nSPS) is 17.6. The first-order chi connectivity index (χ1) is 10.7. The largest absolute Gasteiger partial charge is 0.462 e. The highest BCUT2D eigenvalue weighted by Gasteiger charge is 2.35. The number of carbonyl (C=O) groups excluding carboxylic acids is 2. The lowest BCUT2D eigenvalue weighted by Crippen LogP contribution is -2.34. The van der Waals surface area contributed by atoms with Crippen LogP contribution in [0.5, 0.6) is 0 Å². The summed E-state index contributed by atoms with van der Waals surface area (Å²) in [6.07, 6.45) is 1.51. The Hall–Kier alpha value is -2.66. The second kappa shape index (κ2) is 7.95. The zero-order valence-electron chi connectivity index (χ0n) is 12.0. The monoisotopic (exact) mass is 300 g/mol. The number of hydrogen-bond donors (Lipinski definition) is 0. The highest BCUT2D eigenvalue weighted by molar-refractivity contribution is 6.10. The van der Waals surface area contributed by atoms with Crippen LogP contribution in [0, 0.1) is 5.92 Å². The molecule has 0 radical (unpaired) electrons. The highest BCUT2D eigenvalue weighted by Crippen LogP contribution is 2.20. The average molecular weight is 300 g/mol. The van der Waals surface area contributed by atoms with Gasteiger partial charge in [0.2, 0.25) is 6.10 Å². The predicted octanol–water partition coefficient (Wildman–Crippen LogP) is 2.46. The lowest BCUT2D eigenvalue weighted by molar-refractivity contribution is -0.137. The third-order valence-electron chi connectivity index (χ3n) is 3.46. The first kappa shape index (κ1) is 15.7. The molecule has 2 rings (SSSR count). The van der Waals surface area contributed by atoms with E-state index in [0.29, 0.717) is 25.8 Å². The van der Waals surface area contributed by atoms with Crippen molar-refractivity contribution in [3.63, 3.8) is 0 Å². The molecule has 0 saturated carbocycles. The number of azide groups is 1. The van der Waals surface area contributed by atoms with Gasteiger partial charge in [-0.25, -0.2) is 0 Å². The number of rotatable bonds is 8. The Kier molecular flexibility index (Phi) is 5.68. The van der Waals surface area contributed by atoms with Crippen LogP contribution in [-0.4, -0.2) is 30.7 Å². The van der Waals surface area contributed by atoms with Crippen LogP contribution in [-0.2, 0) is 20.7 Å². The molecule has 0 saturated heterocycles. The molecule has 1 aliphatic heterocycles. The predicted molar refractivity (Wildman–Crippen MR) is 80.3 cm³/mol. The number of ketones is 1. The molecule has 7 nitrogen and oxygen atoms in total. The molecule has 0 spiro atoms. The maximum absolute atomic E-state index is 12.5. The van der Waals surface area contributed by atoms with E-state index in [-0.39, 0.29) is 11.7 Å². The van der Waals surface area contributed by atoms with Gasteiger partial charge in [0, 0.05) is 17.4 Å². The Bertz CT molecular complexity index is 608. The lowest BCUT2D eigenvalue weighted by atomic mass is 9.88. The minimum Gasteiger partial charge on any atom is -0.462 e. The average Bonchev–Trinajstić information content (AvgIpc) is 2.97. The summed E-state index contributed by atoms with van der Waals surface area (Å²) in [5.74, 6) is -1.20. The topological polar surface area (TPSA) is 104 Å². The molecule has 1 amide bonds. The van der Waals surface area contributed by atoms with Crippen molar-refractivity contribution in [2.75, 3.05) is 6.54 Å². The summed E-state index contributed by atoms with van der Waals surface area (Å²) >= 11 is 0. The van der Waals surface area contributed by atoms with Crippen LogP contribution >= 0.6 is 0 Å². The Labute approximate surface area is 127 Å². The van der Waals surface area contributed by atoms with Crippen LogP contribution in [0.4, 0.5) is 0 Å². The molecule has 7 heteroatoms. The Morgan fingerprint density at radius 3 is 2.82 bits per heavy atom. The van der Waals surface area contributed by atoms with E-state index in [1.165, 1.54) is 0 Å². The summed E-state index contributed by atoms with van der Waals surface area (Å²) in [6.45, 7) is 0.324. The summed E-state index contributed by atoms with van der Waals surface area (Å²) in [7, 11) is 0. The van der Waals surface area contributed by atoms with Crippen LogP contribution in [0.1, 0.15) is 18.4 Å². The summed E-state index contributed by atoms with van der Waals surface area (Å²) in [6, 6.07) is 9.57. The van der Waals surface area contributed by atoms with Crippen molar-refractivity contribution in [3.8, 4) is 0 Å². The minimum absolute atomic E-state index is 0.271. The number of amides is 1. The van der Waals surface area contributed by atoms with Gasteiger partial charge in [-0.2, -0.15) is 4.99 Å². The molecule has 0 aliphatic carbocycles. The smallest absolute Gasteiger partial charge is 0.297 e. The molecular formula is C15H16N4O3. The molecule has 1 aromatic carbocycles. The minimum atomic E-state index is -1.13. The molecule has 22 heavy (non-hydrogen) atoms. The number of nitrogens with zero attached hydrogens (tertiary/aromatic N) is 4. The number of hydrogen-bond acceptors (Lipinski definition) is 4. The fourth-order valence-corrected chi connectivity index (χ4v) is 2.37. The molecule has 0 N–H and O–H groups in total. The molecule has 1 unspecified atom stereocenters. The summed E-state index contributed by atoms with van der Waals surface area (Å²) in [5.41, 5.74) is 9.30. The van der Waals surface area contributed by atoms with E-state index in [1.54, 1.807) is 0 Å². The van der Waals surface area contributed by atoms with Crippen molar-refractivity contribution in [1.82, 2.24) is 0 Å². The Balaban J connectivity index is 2.04. The lowest BCUT2D eigenvalue weighted by Gasteiger charge is -2.18. The van der Waals surface area contributed by atoms with Crippen LogP contribution < -0.4 is 0 Å². The third kappa shape index (κ3) is 4.17. The van der Waals surface area contributed by atoms with E-state index in [0.717, 1.165) is 12.0 Å². The van der Waals surface area contributed by atoms with E-state index in [4.69, 9.17) is 10.3 Å². The Morgan fingerprint density at radius 1 is 1.41 bits per heavy atom. The van der Waals surface area contributed by atoms with Gasteiger partial charge in [-0.05, 0) is 30.4 Å². The van der Waals surface area contributed by atoms with Crippen molar-refractivity contribution in [1.29, 1.82) is 0 Å². The third-order valence-corrected chi connectivity index (χ3v) is 3.46. The molecule has 0 bridgehead atoms. The molecule has 0 aromatic heterocycles. The van der Waals surface area contributed by atoms with Gasteiger partial charge in [0.1, 0.15) is 0 Å². The van der Waals surface area contributed by atoms with E-state index in [2.05, 4.69) is 15.0 Å². The number of aliphatic imine (C=N–C) groups is 1. The molecule has 114 valence electrons. The molecule has 1 heterocycles. The maximum atomic E-state index is 12.5. The first-order valence-electron chi connectivity index (χ1n) is 7.02. The van der Waals surface area contributed by atoms with Crippen molar-refractivity contribution in [2.24, 2.45) is 16.0 Å².